The lowest BCUT2D eigenvalue weighted by molar-refractivity contribution is -0.119. The normalized spacial score (nSPS) is 19.7. The summed E-state index contributed by atoms with van der Waals surface area (Å²) in [7, 11) is 0. The first-order valence-corrected chi connectivity index (χ1v) is 14.4. The van der Waals surface area contributed by atoms with Crippen molar-refractivity contribution in [2.75, 3.05) is 11.9 Å². The van der Waals surface area contributed by atoms with Gasteiger partial charge in [0.1, 0.15) is 22.1 Å². The Balaban J connectivity index is 1.79. The molecule has 3 N–H and O–H groups in total. The summed E-state index contributed by atoms with van der Waals surface area (Å²) in [5, 5.41) is 21.7. The third kappa shape index (κ3) is 6.55. The highest BCUT2D eigenvalue weighted by Gasteiger charge is 2.44. The van der Waals surface area contributed by atoms with Crippen LogP contribution in [0.4, 0.5) is 14.9 Å². The Hall–Kier alpha value is -3.13. The van der Waals surface area contributed by atoms with Gasteiger partial charge in [-0.05, 0) is 87.8 Å². The van der Waals surface area contributed by atoms with E-state index in [9.17, 15) is 24.5 Å². The molecule has 1 aliphatic heterocycles. The Morgan fingerprint density at radius 2 is 1.90 bits per heavy atom. The van der Waals surface area contributed by atoms with Gasteiger partial charge in [0.25, 0.3) is 0 Å². The van der Waals surface area contributed by atoms with Crippen LogP contribution in [0.2, 0.25) is 0 Å². The highest BCUT2D eigenvalue weighted by atomic mass is 32.2. The van der Waals surface area contributed by atoms with Crippen molar-refractivity contribution in [1.29, 1.82) is 5.26 Å². The third-order valence-corrected chi connectivity index (χ3v) is 9.10. The molecule has 1 saturated carbocycles. The second-order valence-corrected chi connectivity index (χ2v) is 13.3. The van der Waals surface area contributed by atoms with Gasteiger partial charge in [0.15, 0.2) is 0 Å². The predicted octanol–water partition coefficient (Wildman–Crippen LogP) is 5.26. The zero-order chi connectivity index (χ0) is 28.4. The molecule has 0 aromatic heterocycles. The predicted molar refractivity (Wildman–Crippen MR) is 148 cm³/mol. The fraction of sp³-hybridized carbons (Fsp3) is 0.483. The number of nitriles is 1. The Morgan fingerprint density at radius 1 is 1.18 bits per heavy atom. The van der Waals surface area contributed by atoms with Crippen molar-refractivity contribution in [3.05, 3.63) is 65.0 Å². The second kappa shape index (κ2) is 11.5. The Bertz CT molecular complexity index is 1270. The number of benzene rings is 2. The van der Waals surface area contributed by atoms with Gasteiger partial charge < -0.3 is 15.0 Å². The van der Waals surface area contributed by atoms with Gasteiger partial charge in [0.05, 0.1) is 17.3 Å². The van der Waals surface area contributed by atoms with E-state index in [1.165, 1.54) is 12.1 Å². The topological polar surface area (TPSA) is 129 Å². The van der Waals surface area contributed by atoms with E-state index in [-0.39, 0.29) is 12.2 Å². The van der Waals surface area contributed by atoms with E-state index in [0.29, 0.717) is 36.3 Å². The number of hydrogen-bond acceptors (Lipinski definition) is 5. The molecule has 1 saturated heterocycles. The maximum atomic E-state index is 15.1. The molecule has 2 amide bonds. The molecule has 0 bridgehead atoms. The molecule has 208 valence electrons. The van der Waals surface area contributed by atoms with Crippen LogP contribution >= 0.6 is 0 Å². The molecule has 1 heterocycles. The summed E-state index contributed by atoms with van der Waals surface area (Å²) >= 11 is -1.53. The number of carbonyl (C=O) groups is 2. The molecule has 1 aliphatic carbocycles. The molecule has 3 atom stereocenters. The number of amides is 2. The molecule has 2 aromatic rings. The lowest BCUT2D eigenvalue weighted by atomic mass is 9.79. The van der Waals surface area contributed by atoms with Gasteiger partial charge in [-0.1, -0.05) is 31.0 Å². The number of nitrogens with one attached hydrogen (secondary N) is 2. The average Bonchev–Trinajstić information content (AvgIpc) is 3.59. The SMILES string of the molecule is CC(C)(C)[S+]([O-])N[C@](CCC1CC1)(c1cccc(C#N)c1)c1ccc(F)c(NC(=O)[C@H]2CCCN2C(=O)O)c1. The van der Waals surface area contributed by atoms with Crippen molar-refractivity contribution >= 4 is 29.0 Å². The van der Waals surface area contributed by atoms with Gasteiger partial charge in [0.2, 0.25) is 5.91 Å². The van der Waals surface area contributed by atoms with Gasteiger partial charge in [0, 0.05) is 17.9 Å². The lowest BCUT2D eigenvalue weighted by Gasteiger charge is -2.39. The summed E-state index contributed by atoms with van der Waals surface area (Å²) in [6.07, 6.45) is 3.33. The van der Waals surface area contributed by atoms with Gasteiger partial charge in [-0.3, -0.25) is 9.69 Å². The quantitative estimate of drug-likeness (QED) is 0.363. The van der Waals surface area contributed by atoms with Crippen LogP contribution in [-0.4, -0.2) is 43.9 Å². The Kier molecular flexibility index (Phi) is 8.54. The van der Waals surface area contributed by atoms with Crippen LogP contribution in [0.25, 0.3) is 0 Å². The zero-order valence-electron chi connectivity index (χ0n) is 22.5. The first-order valence-electron chi connectivity index (χ1n) is 13.3. The van der Waals surface area contributed by atoms with Crippen LogP contribution in [0.15, 0.2) is 42.5 Å². The molecular formula is C29H35FN4O4S. The van der Waals surface area contributed by atoms with Crippen LogP contribution in [0.5, 0.6) is 0 Å². The molecule has 2 fully saturated rings. The van der Waals surface area contributed by atoms with Crippen molar-refractivity contribution < 1.29 is 23.6 Å². The third-order valence-electron chi connectivity index (χ3n) is 7.45. The van der Waals surface area contributed by atoms with Gasteiger partial charge >= 0.3 is 6.09 Å². The number of carboxylic acid groups (broad SMARTS) is 1. The number of nitrogens with zero attached hydrogens (tertiary/aromatic N) is 2. The van der Waals surface area contributed by atoms with Crippen molar-refractivity contribution in [1.82, 2.24) is 9.62 Å². The maximum Gasteiger partial charge on any atom is 0.407 e. The standard InChI is InChI=1S/C29H35FN4O4S/c1-28(2,3)39(38)33-29(14-13-19-9-10-19,21-7-4-6-20(16-21)18-31)22-11-12-23(30)24(17-22)32-26(35)25-8-5-15-34(25)27(36)37/h4,6-7,11-12,16-17,19,25,33H,5,8-10,13-15H2,1-3H3,(H,32,35)(H,36,37)/t25-,29-,39?/m1/s1. The minimum absolute atomic E-state index is 0.0784. The average molecular weight is 555 g/mol. The van der Waals surface area contributed by atoms with E-state index in [4.69, 9.17) is 0 Å². The number of anilines is 1. The Labute approximate surface area is 231 Å². The first-order chi connectivity index (χ1) is 18.4. The molecule has 0 spiro atoms. The molecule has 2 aliphatic rings. The molecule has 2 aromatic carbocycles. The second-order valence-electron chi connectivity index (χ2n) is 11.4. The van der Waals surface area contributed by atoms with Crippen LogP contribution < -0.4 is 10.0 Å². The first kappa shape index (κ1) is 28.9. The number of hydrogen-bond donors (Lipinski definition) is 3. The van der Waals surface area contributed by atoms with Crippen molar-refractivity contribution in [2.24, 2.45) is 5.92 Å². The van der Waals surface area contributed by atoms with E-state index in [1.54, 1.807) is 24.3 Å². The highest BCUT2D eigenvalue weighted by Crippen LogP contribution is 2.43. The molecule has 8 nitrogen and oxygen atoms in total. The fourth-order valence-corrected chi connectivity index (χ4v) is 5.95. The van der Waals surface area contributed by atoms with Crippen LogP contribution in [0, 0.1) is 23.1 Å². The minimum Gasteiger partial charge on any atom is -0.598 e. The van der Waals surface area contributed by atoms with Crippen LogP contribution in [-0.2, 0) is 21.7 Å². The van der Waals surface area contributed by atoms with E-state index < -0.39 is 45.5 Å². The lowest BCUT2D eigenvalue weighted by Crippen LogP contribution is -2.52. The molecule has 0 radical (unpaired) electrons. The van der Waals surface area contributed by atoms with Crippen molar-refractivity contribution in [3.8, 4) is 6.07 Å². The van der Waals surface area contributed by atoms with Crippen molar-refractivity contribution in [2.45, 2.75) is 75.6 Å². The molecule has 10 heteroatoms. The smallest absolute Gasteiger partial charge is 0.407 e. The van der Waals surface area contributed by atoms with Crippen LogP contribution in [0.1, 0.15) is 76.0 Å². The number of halogens is 1. The molecule has 4 rings (SSSR count). The van der Waals surface area contributed by atoms with E-state index in [0.717, 1.165) is 29.7 Å². The molecular weight excluding hydrogens is 519 g/mol. The number of likely N-dealkylation sites (tertiary alicyclic amines) is 1. The largest absolute Gasteiger partial charge is 0.598 e. The van der Waals surface area contributed by atoms with Gasteiger partial charge in [-0.15, -0.1) is 4.72 Å². The minimum atomic E-state index is -1.53. The van der Waals surface area contributed by atoms with Crippen molar-refractivity contribution in [3.63, 3.8) is 0 Å². The summed E-state index contributed by atoms with van der Waals surface area (Å²) in [4.78, 5) is 25.7. The highest BCUT2D eigenvalue weighted by molar-refractivity contribution is 7.90. The maximum absolute atomic E-state index is 15.1. The molecule has 1 unspecified atom stereocenters. The van der Waals surface area contributed by atoms with Gasteiger partial charge in [-0.2, -0.15) is 5.26 Å². The molecule has 39 heavy (non-hydrogen) atoms. The fourth-order valence-electron chi connectivity index (χ4n) is 4.99. The summed E-state index contributed by atoms with van der Waals surface area (Å²) < 4.78 is 31.4. The number of carbonyl (C=O) groups excluding carboxylic acids is 1. The van der Waals surface area contributed by atoms with E-state index >= 15 is 4.39 Å². The van der Waals surface area contributed by atoms with Gasteiger partial charge in [-0.25, -0.2) is 9.18 Å². The summed E-state index contributed by atoms with van der Waals surface area (Å²) in [5.74, 6) is -0.713. The zero-order valence-corrected chi connectivity index (χ0v) is 23.3. The monoisotopic (exact) mass is 554 g/mol. The van der Waals surface area contributed by atoms with Crippen LogP contribution in [0.3, 0.4) is 0 Å². The van der Waals surface area contributed by atoms with E-state index in [2.05, 4.69) is 16.1 Å². The summed E-state index contributed by atoms with van der Waals surface area (Å²) in [5.41, 5.74) is 0.634. The summed E-state index contributed by atoms with van der Waals surface area (Å²) in [6, 6.07) is 12.8. The Morgan fingerprint density at radius 3 is 2.54 bits per heavy atom. The summed E-state index contributed by atoms with van der Waals surface area (Å²) in [6.45, 7) is 5.83. The number of rotatable bonds is 9. The van der Waals surface area contributed by atoms with E-state index in [1.807, 2.05) is 26.8 Å².